The summed E-state index contributed by atoms with van der Waals surface area (Å²) in [6.07, 6.45) is 2.72. The normalized spacial score (nSPS) is 12.2. The molecule has 2 aromatic rings. The molecule has 0 fully saturated rings. The van der Waals surface area contributed by atoms with Gasteiger partial charge in [0, 0.05) is 31.8 Å². The molecule has 5 nitrogen and oxygen atoms in total. The molecule has 0 radical (unpaired) electrons. The Bertz CT molecular complexity index is 782. The van der Waals surface area contributed by atoms with Gasteiger partial charge in [-0.1, -0.05) is 60.7 Å². The first-order chi connectivity index (χ1) is 13.5. The molecule has 0 bridgehead atoms. The maximum atomic E-state index is 11.2. The summed E-state index contributed by atoms with van der Waals surface area (Å²) in [5.74, 6) is 1.21. The predicted molar refractivity (Wildman–Crippen MR) is 118 cm³/mol. The Morgan fingerprint density at radius 1 is 0.964 bits per heavy atom. The first-order valence-electron chi connectivity index (χ1n) is 9.79. The molecule has 0 saturated heterocycles. The molecule has 0 unspecified atom stereocenters. The molecule has 2 rings (SSSR count). The number of sulfone groups is 1. The Labute approximate surface area is 169 Å². The van der Waals surface area contributed by atoms with Crippen LogP contribution in [0, 0.1) is 0 Å². The lowest BCUT2D eigenvalue weighted by molar-refractivity contribution is 0.599. The van der Waals surface area contributed by atoms with Gasteiger partial charge >= 0.3 is 0 Å². The highest BCUT2D eigenvalue weighted by atomic mass is 32.2. The molecule has 0 aliphatic heterocycles. The van der Waals surface area contributed by atoms with Crippen molar-refractivity contribution in [1.82, 2.24) is 10.6 Å². The predicted octanol–water partition coefficient (Wildman–Crippen LogP) is 3.20. The summed E-state index contributed by atoms with van der Waals surface area (Å²) in [6, 6.07) is 21.1. The van der Waals surface area contributed by atoms with Gasteiger partial charge in [-0.2, -0.15) is 0 Å². The summed E-state index contributed by atoms with van der Waals surface area (Å²) < 4.78 is 22.5. The van der Waals surface area contributed by atoms with Gasteiger partial charge in [0.2, 0.25) is 0 Å². The molecule has 28 heavy (non-hydrogen) atoms. The Kier molecular flexibility index (Phi) is 9.01. The minimum absolute atomic E-state index is 0.167. The highest BCUT2D eigenvalue weighted by Crippen LogP contribution is 2.27. The second-order valence-corrected chi connectivity index (χ2v) is 9.09. The zero-order valence-electron chi connectivity index (χ0n) is 16.8. The van der Waals surface area contributed by atoms with Crippen molar-refractivity contribution >= 4 is 15.8 Å². The lowest BCUT2D eigenvalue weighted by Gasteiger charge is -2.19. The minimum atomic E-state index is -2.93. The van der Waals surface area contributed by atoms with Crippen molar-refractivity contribution < 1.29 is 8.42 Å². The number of guanidine groups is 1. The fourth-order valence-corrected chi connectivity index (χ4v) is 3.74. The van der Waals surface area contributed by atoms with E-state index >= 15 is 0 Å². The monoisotopic (exact) mass is 401 g/mol. The zero-order chi connectivity index (χ0) is 20.2. The Morgan fingerprint density at radius 2 is 1.54 bits per heavy atom. The van der Waals surface area contributed by atoms with Crippen LogP contribution in [0.4, 0.5) is 0 Å². The van der Waals surface area contributed by atoms with Gasteiger partial charge in [-0.25, -0.2) is 8.42 Å². The summed E-state index contributed by atoms with van der Waals surface area (Å²) in [7, 11) is -2.93. The maximum Gasteiger partial charge on any atom is 0.191 e. The highest BCUT2D eigenvalue weighted by molar-refractivity contribution is 7.90. The van der Waals surface area contributed by atoms with Crippen molar-refractivity contribution in [3.05, 3.63) is 71.8 Å². The fraction of sp³-hybridized carbons (Fsp3) is 0.409. The second-order valence-electron chi connectivity index (χ2n) is 6.83. The van der Waals surface area contributed by atoms with Gasteiger partial charge in [0.15, 0.2) is 5.96 Å². The van der Waals surface area contributed by atoms with E-state index in [1.807, 2.05) is 19.1 Å². The molecule has 0 heterocycles. The fourth-order valence-electron chi connectivity index (χ4n) is 3.09. The SMILES string of the molecule is CCNC(=NCCCS(C)(=O)=O)NCCC(c1ccccc1)c1ccccc1. The molecule has 152 valence electrons. The molecule has 0 amide bonds. The van der Waals surface area contributed by atoms with Crippen molar-refractivity contribution in [2.45, 2.75) is 25.7 Å². The minimum Gasteiger partial charge on any atom is -0.357 e. The highest BCUT2D eigenvalue weighted by Gasteiger charge is 2.13. The molecule has 2 aromatic carbocycles. The second kappa shape index (κ2) is 11.5. The number of nitrogens with one attached hydrogen (secondary N) is 2. The van der Waals surface area contributed by atoms with Crippen molar-refractivity contribution in [2.75, 3.05) is 31.6 Å². The van der Waals surface area contributed by atoms with Gasteiger partial charge < -0.3 is 10.6 Å². The number of aliphatic imine (C=N–C) groups is 1. The van der Waals surface area contributed by atoms with Gasteiger partial charge in [0.05, 0.1) is 5.75 Å². The standard InChI is InChI=1S/C22H31N3O2S/c1-3-23-22(24-16-10-18-28(2,26)27)25-17-15-21(19-11-6-4-7-12-19)20-13-8-5-9-14-20/h4-9,11-14,21H,3,10,15-18H2,1-2H3,(H2,23,24,25). The first kappa shape index (κ1) is 22.0. The van der Waals surface area contributed by atoms with Crippen LogP contribution >= 0.6 is 0 Å². The molecular formula is C22H31N3O2S. The molecule has 0 saturated carbocycles. The molecular weight excluding hydrogens is 370 g/mol. The molecule has 0 aliphatic carbocycles. The van der Waals surface area contributed by atoms with E-state index in [9.17, 15) is 8.42 Å². The number of rotatable bonds is 10. The smallest absolute Gasteiger partial charge is 0.191 e. The van der Waals surface area contributed by atoms with Crippen LogP contribution in [0.15, 0.2) is 65.7 Å². The molecule has 0 atom stereocenters. The largest absolute Gasteiger partial charge is 0.357 e. The van der Waals surface area contributed by atoms with Gasteiger partial charge in [-0.15, -0.1) is 0 Å². The van der Waals surface area contributed by atoms with Crippen LogP contribution in [0.3, 0.4) is 0 Å². The van der Waals surface area contributed by atoms with Crippen molar-refractivity contribution in [3.8, 4) is 0 Å². The molecule has 0 aromatic heterocycles. The third kappa shape index (κ3) is 8.13. The van der Waals surface area contributed by atoms with Crippen LogP contribution in [0.5, 0.6) is 0 Å². The Morgan fingerprint density at radius 3 is 2.04 bits per heavy atom. The zero-order valence-corrected chi connectivity index (χ0v) is 17.6. The van der Waals surface area contributed by atoms with Crippen LogP contribution in [-0.2, 0) is 9.84 Å². The third-order valence-corrected chi connectivity index (χ3v) is 5.45. The molecule has 0 aliphatic rings. The van der Waals surface area contributed by atoms with Crippen molar-refractivity contribution in [3.63, 3.8) is 0 Å². The Hall–Kier alpha value is -2.34. The topological polar surface area (TPSA) is 70.6 Å². The van der Waals surface area contributed by atoms with Crippen LogP contribution in [0.25, 0.3) is 0 Å². The average Bonchev–Trinajstić information content (AvgIpc) is 2.69. The summed E-state index contributed by atoms with van der Waals surface area (Å²) in [6.45, 7) is 4.04. The van der Waals surface area contributed by atoms with Crippen molar-refractivity contribution in [1.29, 1.82) is 0 Å². The summed E-state index contributed by atoms with van der Waals surface area (Å²) in [4.78, 5) is 4.49. The van der Waals surface area contributed by atoms with Crippen LogP contribution in [0.1, 0.15) is 36.8 Å². The van der Waals surface area contributed by atoms with Crippen LogP contribution in [0.2, 0.25) is 0 Å². The van der Waals surface area contributed by atoms with E-state index in [0.717, 1.165) is 25.5 Å². The number of benzene rings is 2. The Balaban J connectivity index is 1.97. The van der Waals surface area contributed by atoms with E-state index in [1.165, 1.54) is 17.4 Å². The molecule has 6 heteroatoms. The lowest BCUT2D eigenvalue weighted by atomic mass is 9.88. The van der Waals surface area contributed by atoms with Gasteiger partial charge in [-0.3, -0.25) is 4.99 Å². The van der Waals surface area contributed by atoms with E-state index in [1.54, 1.807) is 0 Å². The average molecular weight is 402 g/mol. The number of hydrogen-bond donors (Lipinski definition) is 2. The quantitative estimate of drug-likeness (QED) is 0.364. The summed E-state index contributed by atoms with van der Waals surface area (Å²) >= 11 is 0. The van der Waals surface area contributed by atoms with E-state index in [0.29, 0.717) is 18.9 Å². The van der Waals surface area contributed by atoms with E-state index in [-0.39, 0.29) is 5.75 Å². The van der Waals surface area contributed by atoms with Crippen LogP contribution < -0.4 is 10.6 Å². The molecule has 0 spiro atoms. The van der Waals surface area contributed by atoms with Crippen LogP contribution in [-0.4, -0.2) is 46.0 Å². The summed E-state index contributed by atoms with van der Waals surface area (Å²) in [5.41, 5.74) is 2.59. The van der Waals surface area contributed by atoms with Gasteiger partial charge in [-0.05, 0) is 30.9 Å². The number of hydrogen-bond acceptors (Lipinski definition) is 3. The van der Waals surface area contributed by atoms with Gasteiger partial charge in [0.25, 0.3) is 0 Å². The maximum absolute atomic E-state index is 11.2. The third-order valence-electron chi connectivity index (χ3n) is 4.42. The van der Waals surface area contributed by atoms with Gasteiger partial charge in [0.1, 0.15) is 9.84 Å². The lowest BCUT2D eigenvalue weighted by Crippen LogP contribution is -2.38. The van der Waals surface area contributed by atoms with E-state index < -0.39 is 9.84 Å². The van der Waals surface area contributed by atoms with Crippen molar-refractivity contribution in [2.24, 2.45) is 4.99 Å². The first-order valence-corrected chi connectivity index (χ1v) is 11.9. The number of nitrogens with zero attached hydrogens (tertiary/aromatic N) is 1. The molecule has 2 N–H and O–H groups in total. The van der Waals surface area contributed by atoms with E-state index in [4.69, 9.17) is 0 Å². The van der Waals surface area contributed by atoms with E-state index in [2.05, 4.69) is 64.2 Å². The summed E-state index contributed by atoms with van der Waals surface area (Å²) in [5, 5.41) is 6.60.